The number of nitrogens with zero attached hydrogens (tertiary/aromatic N) is 2. The standard InChI is InChI=1S/C28H30BrCl2N3O3S/c1-28(2,38(36,37)25-13-7-22(29)8-14-25)19-32-27(35)34-17-15-33(16-18-34)26(20-3-9-23(30)10-4-20)21-5-11-24(31)12-6-21/h3-14,26H,15-19H2,1-2H3,(H,32,35). The minimum absolute atomic E-state index is 0.00260. The van der Waals surface area contributed by atoms with Gasteiger partial charge in [0.25, 0.3) is 0 Å². The first-order valence-corrected chi connectivity index (χ1v) is 15.3. The van der Waals surface area contributed by atoms with Gasteiger partial charge < -0.3 is 10.2 Å². The average molecular weight is 639 g/mol. The van der Waals surface area contributed by atoms with Gasteiger partial charge >= 0.3 is 6.03 Å². The monoisotopic (exact) mass is 637 g/mol. The van der Waals surface area contributed by atoms with E-state index >= 15 is 0 Å². The van der Waals surface area contributed by atoms with E-state index in [-0.39, 0.29) is 23.5 Å². The quantitative estimate of drug-likeness (QED) is 0.324. The molecule has 38 heavy (non-hydrogen) atoms. The first-order chi connectivity index (χ1) is 18.0. The second kappa shape index (κ2) is 12.0. The summed E-state index contributed by atoms with van der Waals surface area (Å²) in [5, 5.41) is 4.20. The molecule has 1 fully saturated rings. The van der Waals surface area contributed by atoms with Crippen LogP contribution in [0.15, 0.2) is 82.2 Å². The Hall–Kier alpha value is -2.10. The van der Waals surface area contributed by atoms with Crippen LogP contribution >= 0.6 is 39.1 Å². The summed E-state index contributed by atoms with van der Waals surface area (Å²) < 4.78 is 26.0. The lowest BCUT2D eigenvalue weighted by Gasteiger charge is -2.40. The smallest absolute Gasteiger partial charge is 0.317 e. The Kier molecular flexibility index (Phi) is 9.10. The number of rotatable bonds is 7. The van der Waals surface area contributed by atoms with Gasteiger partial charge in [0, 0.05) is 47.2 Å². The van der Waals surface area contributed by atoms with Gasteiger partial charge in [0.2, 0.25) is 0 Å². The van der Waals surface area contributed by atoms with Crippen LogP contribution in [0.4, 0.5) is 4.79 Å². The van der Waals surface area contributed by atoms with Crippen LogP contribution in [0.3, 0.4) is 0 Å². The van der Waals surface area contributed by atoms with E-state index in [1.165, 1.54) is 0 Å². The van der Waals surface area contributed by atoms with Crippen molar-refractivity contribution in [1.29, 1.82) is 0 Å². The van der Waals surface area contributed by atoms with Crippen LogP contribution in [-0.4, -0.2) is 61.7 Å². The van der Waals surface area contributed by atoms with Gasteiger partial charge in [-0.1, -0.05) is 63.4 Å². The van der Waals surface area contributed by atoms with Crippen molar-refractivity contribution in [2.24, 2.45) is 0 Å². The maximum Gasteiger partial charge on any atom is 0.317 e. The molecule has 6 nitrogen and oxygen atoms in total. The van der Waals surface area contributed by atoms with Gasteiger partial charge in [-0.25, -0.2) is 13.2 Å². The number of sulfone groups is 1. The zero-order valence-electron chi connectivity index (χ0n) is 21.2. The summed E-state index contributed by atoms with van der Waals surface area (Å²) in [5.41, 5.74) is 2.21. The molecule has 0 aliphatic carbocycles. The zero-order chi connectivity index (χ0) is 27.5. The molecular formula is C28H30BrCl2N3O3S. The number of piperazine rings is 1. The topological polar surface area (TPSA) is 69.7 Å². The third-order valence-corrected chi connectivity index (χ3v) is 10.4. The summed E-state index contributed by atoms with van der Waals surface area (Å²) in [6, 6.07) is 21.9. The maximum atomic E-state index is 13.2. The number of hydrogen-bond acceptors (Lipinski definition) is 4. The van der Waals surface area contributed by atoms with Crippen LogP contribution in [0.1, 0.15) is 31.0 Å². The van der Waals surface area contributed by atoms with Crippen LogP contribution in [-0.2, 0) is 9.84 Å². The lowest BCUT2D eigenvalue weighted by molar-refractivity contribution is 0.120. The van der Waals surface area contributed by atoms with E-state index in [2.05, 4.69) is 26.1 Å². The fourth-order valence-electron chi connectivity index (χ4n) is 4.52. The predicted molar refractivity (Wildman–Crippen MR) is 157 cm³/mol. The first-order valence-electron chi connectivity index (χ1n) is 12.3. The SMILES string of the molecule is CC(C)(CNC(=O)N1CCN(C(c2ccc(Cl)cc2)c2ccc(Cl)cc2)CC1)S(=O)(=O)c1ccc(Br)cc1. The van der Waals surface area contributed by atoms with E-state index in [9.17, 15) is 13.2 Å². The van der Waals surface area contributed by atoms with Crippen molar-refractivity contribution in [2.75, 3.05) is 32.7 Å². The molecule has 3 aromatic carbocycles. The van der Waals surface area contributed by atoms with Crippen molar-refractivity contribution in [2.45, 2.75) is 29.5 Å². The van der Waals surface area contributed by atoms with Crippen LogP contribution in [0.5, 0.6) is 0 Å². The van der Waals surface area contributed by atoms with E-state index in [1.807, 2.05) is 48.5 Å². The Bertz CT molecular complexity index is 1310. The summed E-state index contributed by atoms with van der Waals surface area (Å²) in [7, 11) is -3.65. The normalized spacial score (nSPS) is 15.1. The van der Waals surface area contributed by atoms with Gasteiger partial charge in [0.05, 0.1) is 15.7 Å². The highest BCUT2D eigenvalue weighted by molar-refractivity contribution is 9.10. The molecule has 1 aliphatic rings. The summed E-state index contributed by atoms with van der Waals surface area (Å²) in [5.74, 6) is 0. The van der Waals surface area contributed by atoms with Crippen molar-refractivity contribution >= 4 is 55.0 Å². The van der Waals surface area contributed by atoms with Gasteiger partial charge in [0.1, 0.15) is 0 Å². The van der Waals surface area contributed by atoms with Crippen molar-refractivity contribution in [3.05, 3.63) is 98.4 Å². The number of carbonyl (C=O) groups is 1. The summed E-state index contributed by atoms with van der Waals surface area (Å²) >= 11 is 15.6. The molecule has 0 saturated carbocycles. The van der Waals surface area contributed by atoms with Crippen LogP contribution in [0.2, 0.25) is 10.0 Å². The Morgan fingerprint density at radius 3 is 1.82 bits per heavy atom. The molecule has 3 aromatic rings. The molecular weight excluding hydrogens is 609 g/mol. The second-order valence-electron chi connectivity index (χ2n) is 9.90. The number of nitrogens with one attached hydrogen (secondary N) is 1. The molecule has 0 bridgehead atoms. The molecule has 0 atom stereocenters. The first kappa shape index (κ1) is 28.9. The number of hydrogen-bond donors (Lipinski definition) is 1. The second-order valence-corrected chi connectivity index (χ2v) is 14.3. The maximum absolute atomic E-state index is 13.2. The molecule has 1 aliphatic heterocycles. The molecule has 1 saturated heterocycles. The molecule has 0 radical (unpaired) electrons. The Labute approximate surface area is 243 Å². The number of carbonyl (C=O) groups excluding carboxylic acids is 1. The average Bonchev–Trinajstić information content (AvgIpc) is 2.90. The van der Waals surface area contributed by atoms with Crippen LogP contribution in [0, 0.1) is 0 Å². The fourth-order valence-corrected chi connectivity index (χ4v) is 6.43. The molecule has 1 heterocycles. The minimum Gasteiger partial charge on any atom is -0.336 e. The van der Waals surface area contributed by atoms with Crippen molar-refractivity contribution in [1.82, 2.24) is 15.1 Å². The third kappa shape index (κ3) is 6.54. The van der Waals surface area contributed by atoms with Crippen LogP contribution < -0.4 is 5.32 Å². The largest absolute Gasteiger partial charge is 0.336 e. The van der Waals surface area contributed by atoms with E-state index in [4.69, 9.17) is 23.2 Å². The zero-order valence-corrected chi connectivity index (χ0v) is 25.1. The summed E-state index contributed by atoms with van der Waals surface area (Å²) in [6.07, 6.45) is 0. The van der Waals surface area contributed by atoms with Gasteiger partial charge in [-0.2, -0.15) is 0 Å². The van der Waals surface area contributed by atoms with Crippen molar-refractivity contribution < 1.29 is 13.2 Å². The lowest BCUT2D eigenvalue weighted by Crippen LogP contribution is -2.54. The third-order valence-electron chi connectivity index (χ3n) is 6.85. The van der Waals surface area contributed by atoms with E-state index in [0.29, 0.717) is 36.2 Å². The van der Waals surface area contributed by atoms with E-state index in [1.54, 1.807) is 43.0 Å². The Morgan fingerprint density at radius 2 is 1.34 bits per heavy atom. The van der Waals surface area contributed by atoms with Crippen molar-refractivity contribution in [3.8, 4) is 0 Å². The van der Waals surface area contributed by atoms with Crippen molar-refractivity contribution in [3.63, 3.8) is 0 Å². The van der Waals surface area contributed by atoms with Gasteiger partial charge in [-0.15, -0.1) is 0 Å². The molecule has 0 spiro atoms. The number of benzene rings is 3. The molecule has 4 rings (SSSR count). The van der Waals surface area contributed by atoms with Gasteiger partial charge in [0.15, 0.2) is 9.84 Å². The molecule has 0 unspecified atom stereocenters. The Morgan fingerprint density at radius 1 is 0.868 bits per heavy atom. The summed E-state index contributed by atoms with van der Waals surface area (Å²) in [6.45, 7) is 5.61. The molecule has 1 N–H and O–H groups in total. The fraction of sp³-hybridized carbons (Fsp3) is 0.321. The Balaban J connectivity index is 1.41. The number of amides is 2. The number of halogens is 3. The van der Waals surface area contributed by atoms with Gasteiger partial charge in [-0.05, 0) is 73.5 Å². The highest BCUT2D eigenvalue weighted by Gasteiger charge is 2.37. The minimum atomic E-state index is -3.65. The molecule has 10 heteroatoms. The predicted octanol–water partition coefficient (Wildman–Crippen LogP) is 6.43. The highest BCUT2D eigenvalue weighted by atomic mass is 79.9. The molecule has 0 aromatic heterocycles. The molecule has 202 valence electrons. The highest BCUT2D eigenvalue weighted by Crippen LogP contribution is 2.31. The molecule has 2 amide bonds. The number of urea groups is 1. The summed E-state index contributed by atoms with van der Waals surface area (Å²) in [4.78, 5) is 17.3. The van der Waals surface area contributed by atoms with Crippen LogP contribution in [0.25, 0.3) is 0 Å². The van der Waals surface area contributed by atoms with Gasteiger partial charge in [-0.3, -0.25) is 4.90 Å². The lowest BCUT2D eigenvalue weighted by atomic mass is 9.96. The van der Waals surface area contributed by atoms with E-state index in [0.717, 1.165) is 15.6 Å². The van der Waals surface area contributed by atoms with E-state index < -0.39 is 14.6 Å².